The minimum Gasteiger partial charge on any atom is -0.379 e. The Bertz CT molecular complexity index is 1070. The van der Waals surface area contributed by atoms with Crippen molar-refractivity contribution >= 4 is 5.91 Å². The van der Waals surface area contributed by atoms with Crippen molar-refractivity contribution in [3.8, 4) is 16.9 Å². The summed E-state index contributed by atoms with van der Waals surface area (Å²) in [5.74, 6) is -0.502. The average molecular weight is 437 g/mol. The van der Waals surface area contributed by atoms with Crippen LogP contribution in [0.25, 0.3) is 16.9 Å². The van der Waals surface area contributed by atoms with Gasteiger partial charge < -0.3 is 10.1 Å². The fraction of sp³-hybridized carbons (Fsp3) is 0.360. The number of aryl methyl sites for hydroxylation is 1. The highest BCUT2D eigenvalue weighted by molar-refractivity contribution is 6.00. The molecule has 2 heterocycles. The number of halogens is 1. The third-order valence-electron chi connectivity index (χ3n) is 5.92. The molecule has 0 aliphatic carbocycles. The summed E-state index contributed by atoms with van der Waals surface area (Å²) in [4.78, 5) is 15.6. The fourth-order valence-electron chi connectivity index (χ4n) is 3.86. The van der Waals surface area contributed by atoms with Crippen molar-refractivity contribution in [2.45, 2.75) is 26.3 Å². The van der Waals surface area contributed by atoms with Gasteiger partial charge in [-0.2, -0.15) is 5.10 Å². The number of rotatable bonds is 6. The molecule has 4 rings (SSSR count). The van der Waals surface area contributed by atoms with Gasteiger partial charge in [0.2, 0.25) is 0 Å². The Morgan fingerprint density at radius 3 is 2.41 bits per heavy atom. The van der Waals surface area contributed by atoms with Crippen molar-refractivity contribution < 1.29 is 13.9 Å². The van der Waals surface area contributed by atoms with Crippen LogP contribution in [-0.2, 0) is 4.74 Å². The van der Waals surface area contributed by atoms with Gasteiger partial charge >= 0.3 is 0 Å². The Hall–Kier alpha value is -3.03. The van der Waals surface area contributed by atoms with Crippen LogP contribution in [0.4, 0.5) is 4.39 Å². The summed E-state index contributed by atoms with van der Waals surface area (Å²) < 4.78 is 20.5. The molecule has 0 atom stereocenters. The van der Waals surface area contributed by atoms with Gasteiger partial charge in [-0.3, -0.25) is 9.69 Å². The van der Waals surface area contributed by atoms with E-state index in [4.69, 9.17) is 4.74 Å². The number of benzene rings is 2. The number of aromatic nitrogens is 2. The van der Waals surface area contributed by atoms with Gasteiger partial charge in [0, 0.05) is 36.9 Å². The highest BCUT2D eigenvalue weighted by atomic mass is 19.1. The van der Waals surface area contributed by atoms with E-state index in [1.54, 1.807) is 23.0 Å². The number of hydrogen-bond donors (Lipinski definition) is 1. The molecule has 3 aromatic rings. The number of morpholine rings is 1. The van der Waals surface area contributed by atoms with E-state index in [1.165, 1.54) is 12.1 Å². The van der Waals surface area contributed by atoms with Crippen molar-refractivity contribution in [1.29, 1.82) is 0 Å². The van der Waals surface area contributed by atoms with Crippen molar-refractivity contribution in [3.63, 3.8) is 0 Å². The number of carbonyl (C=O) groups excluding carboxylic acids is 1. The van der Waals surface area contributed by atoms with E-state index >= 15 is 0 Å². The maximum atomic E-state index is 13.4. The summed E-state index contributed by atoms with van der Waals surface area (Å²) in [5.41, 5.74) is 3.55. The normalized spacial score (nSPS) is 15.0. The highest BCUT2D eigenvalue weighted by Gasteiger charge is 2.29. The monoisotopic (exact) mass is 436 g/mol. The summed E-state index contributed by atoms with van der Waals surface area (Å²) in [5, 5.41) is 7.77. The molecule has 1 aliphatic rings. The lowest BCUT2D eigenvalue weighted by Crippen LogP contribution is -2.55. The van der Waals surface area contributed by atoms with Crippen LogP contribution in [0.2, 0.25) is 0 Å². The van der Waals surface area contributed by atoms with Crippen molar-refractivity contribution in [2.75, 3.05) is 32.8 Å². The van der Waals surface area contributed by atoms with Crippen LogP contribution in [0.3, 0.4) is 0 Å². The van der Waals surface area contributed by atoms with Crippen LogP contribution < -0.4 is 5.32 Å². The molecule has 7 heteroatoms. The number of carbonyl (C=O) groups is 1. The van der Waals surface area contributed by atoms with E-state index in [0.717, 1.165) is 24.2 Å². The SMILES string of the molecule is Cc1ccc(-c2nn(-c3ccc(F)cc3)cc2C(=O)NCC(C)(C)N2CCOCC2)cc1. The zero-order valence-electron chi connectivity index (χ0n) is 18.8. The molecule has 0 unspecified atom stereocenters. The molecule has 0 spiro atoms. The predicted octanol–water partition coefficient (Wildman–Crippen LogP) is 3.83. The van der Waals surface area contributed by atoms with Crippen LogP contribution >= 0.6 is 0 Å². The second kappa shape index (κ2) is 9.22. The number of nitrogens with one attached hydrogen (secondary N) is 1. The van der Waals surface area contributed by atoms with E-state index < -0.39 is 0 Å². The quantitative estimate of drug-likeness (QED) is 0.638. The first-order valence-electron chi connectivity index (χ1n) is 10.9. The molecule has 6 nitrogen and oxygen atoms in total. The van der Waals surface area contributed by atoms with Gasteiger partial charge in [0.15, 0.2) is 0 Å². The van der Waals surface area contributed by atoms with Crippen LogP contribution in [0.1, 0.15) is 29.8 Å². The van der Waals surface area contributed by atoms with E-state index in [9.17, 15) is 9.18 Å². The fourth-order valence-corrected chi connectivity index (χ4v) is 3.86. The van der Waals surface area contributed by atoms with Gasteiger partial charge in [-0.05, 0) is 45.0 Å². The van der Waals surface area contributed by atoms with Gasteiger partial charge in [0.1, 0.15) is 11.5 Å². The predicted molar refractivity (Wildman–Crippen MR) is 122 cm³/mol. The molecule has 2 aromatic carbocycles. The molecule has 0 bridgehead atoms. The molecule has 0 saturated carbocycles. The van der Waals surface area contributed by atoms with Crippen LogP contribution in [-0.4, -0.2) is 59.0 Å². The third kappa shape index (κ3) is 4.89. The van der Waals surface area contributed by atoms with Gasteiger partial charge in [0.25, 0.3) is 5.91 Å². The number of ether oxygens (including phenoxy) is 1. The number of nitrogens with zero attached hydrogens (tertiary/aromatic N) is 3. The molecule has 32 heavy (non-hydrogen) atoms. The van der Waals surface area contributed by atoms with Crippen LogP contribution in [0, 0.1) is 12.7 Å². The summed E-state index contributed by atoms with van der Waals surface area (Å²) in [6.07, 6.45) is 1.71. The molecular weight excluding hydrogens is 407 g/mol. The van der Waals surface area contributed by atoms with Gasteiger partial charge in [-0.15, -0.1) is 0 Å². The zero-order chi connectivity index (χ0) is 22.7. The lowest BCUT2D eigenvalue weighted by atomic mass is 10.0. The Labute approximate surface area is 188 Å². The lowest BCUT2D eigenvalue weighted by molar-refractivity contribution is -0.00923. The second-order valence-electron chi connectivity index (χ2n) is 8.77. The Balaban J connectivity index is 1.61. The van der Waals surface area contributed by atoms with E-state index in [2.05, 4.69) is 29.2 Å². The van der Waals surface area contributed by atoms with Gasteiger partial charge in [0.05, 0.1) is 24.5 Å². The Morgan fingerprint density at radius 2 is 1.75 bits per heavy atom. The third-order valence-corrected chi connectivity index (χ3v) is 5.92. The molecular formula is C25H29FN4O2. The van der Waals surface area contributed by atoms with E-state index in [-0.39, 0.29) is 17.3 Å². The van der Waals surface area contributed by atoms with Crippen molar-refractivity contribution in [1.82, 2.24) is 20.0 Å². The topological polar surface area (TPSA) is 59.4 Å². The summed E-state index contributed by atoms with van der Waals surface area (Å²) in [6.45, 7) is 9.88. The minimum absolute atomic E-state index is 0.185. The summed E-state index contributed by atoms with van der Waals surface area (Å²) in [6, 6.07) is 14.0. The molecule has 1 aliphatic heterocycles. The molecule has 168 valence electrons. The summed E-state index contributed by atoms with van der Waals surface area (Å²) >= 11 is 0. The van der Waals surface area contributed by atoms with Crippen molar-refractivity contribution in [2.24, 2.45) is 0 Å². The highest BCUT2D eigenvalue weighted by Crippen LogP contribution is 2.25. The number of hydrogen-bond acceptors (Lipinski definition) is 4. The molecule has 1 aromatic heterocycles. The molecule has 1 saturated heterocycles. The minimum atomic E-state index is -0.317. The first-order valence-corrected chi connectivity index (χ1v) is 10.9. The van der Waals surface area contributed by atoms with Crippen LogP contribution in [0.5, 0.6) is 0 Å². The largest absolute Gasteiger partial charge is 0.379 e. The van der Waals surface area contributed by atoms with Gasteiger partial charge in [-0.25, -0.2) is 9.07 Å². The molecule has 1 N–H and O–H groups in total. The molecule has 1 fully saturated rings. The second-order valence-corrected chi connectivity index (χ2v) is 8.77. The zero-order valence-corrected chi connectivity index (χ0v) is 18.8. The Kier molecular flexibility index (Phi) is 6.39. The molecule has 1 amide bonds. The maximum absolute atomic E-state index is 13.4. The first-order chi connectivity index (χ1) is 15.3. The first kappa shape index (κ1) is 22.2. The van der Waals surface area contributed by atoms with Crippen LogP contribution in [0.15, 0.2) is 54.7 Å². The number of amides is 1. The van der Waals surface area contributed by atoms with E-state index in [1.807, 2.05) is 31.2 Å². The maximum Gasteiger partial charge on any atom is 0.255 e. The standard InChI is InChI=1S/C25H29FN4O2/c1-18-4-6-19(7-5-18)23-22(16-30(28-23)21-10-8-20(26)9-11-21)24(31)27-17-25(2,3)29-12-14-32-15-13-29/h4-11,16H,12-15,17H2,1-3H3,(H,27,31). The smallest absolute Gasteiger partial charge is 0.255 e. The van der Waals surface area contributed by atoms with E-state index in [0.29, 0.717) is 36.7 Å². The molecule has 0 radical (unpaired) electrons. The summed E-state index contributed by atoms with van der Waals surface area (Å²) in [7, 11) is 0. The lowest BCUT2D eigenvalue weighted by Gasteiger charge is -2.40. The average Bonchev–Trinajstić information content (AvgIpc) is 3.25. The van der Waals surface area contributed by atoms with Gasteiger partial charge in [-0.1, -0.05) is 29.8 Å². The van der Waals surface area contributed by atoms with Crippen molar-refractivity contribution in [3.05, 3.63) is 71.7 Å². The Morgan fingerprint density at radius 1 is 1.09 bits per heavy atom.